The van der Waals surface area contributed by atoms with Crippen LogP contribution < -0.4 is 4.74 Å². The van der Waals surface area contributed by atoms with Crippen molar-refractivity contribution in [3.8, 4) is 11.8 Å². The minimum atomic E-state index is -3.33. The number of ether oxygens (including phenoxy) is 1. The van der Waals surface area contributed by atoms with Gasteiger partial charge in [0.05, 0.1) is 16.1 Å². The Morgan fingerprint density at radius 3 is 2.59 bits per heavy atom. The van der Waals surface area contributed by atoms with Gasteiger partial charge in [0.25, 0.3) is 0 Å². The van der Waals surface area contributed by atoms with E-state index in [2.05, 4.69) is 4.74 Å². The third kappa shape index (κ3) is 2.52. The normalized spacial score (nSPS) is 9.76. The van der Waals surface area contributed by atoms with Crippen molar-refractivity contribution in [1.29, 1.82) is 5.26 Å². The topological polar surface area (TPSA) is 93.2 Å². The number of hydrogen-bond acceptors (Lipinski definition) is 5. The van der Waals surface area contributed by atoms with Crippen molar-refractivity contribution in [2.75, 3.05) is 0 Å². The standard InChI is InChI=1S/C9H4F2N2O4/c10-9(11)17-8-6(4-14)5(3-12)1-2-7(8)13(15)16/h1-2,4,9H. The monoisotopic (exact) mass is 242 g/mol. The third-order valence-electron chi connectivity index (χ3n) is 1.82. The molecule has 1 aromatic rings. The lowest BCUT2D eigenvalue weighted by atomic mass is 10.1. The van der Waals surface area contributed by atoms with Crippen molar-refractivity contribution in [3.05, 3.63) is 33.4 Å². The number of rotatable bonds is 4. The van der Waals surface area contributed by atoms with Crippen LogP contribution in [0.4, 0.5) is 14.5 Å². The Hall–Kier alpha value is -2.56. The fraction of sp³-hybridized carbons (Fsp3) is 0.111. The second-order valence-electron chi connectivity index (χ2n) is 2.74. The fourth-order valence-corrected chi connectivity index (χ4v) is 1.16. The number of carbonyl (C=O) groups is 1. The van der Waals surface area contributed by atoms with Gasteiger partial charge in [-0.3, -0.25) is 14.9 Å². The zero-order valence-electron chi connectivity index (χ0n) is 8.09. The number of carbonyl (C=O) groups excluding carboxylic acids is 1. The first-order valence-electron chi connectivity index (χ1n) is 4.12. The number of benzene rings is 1. The highest BCUT2D eigenvalue weighted by Crippen LogP contribution is 2.33. The first kappa shape index (κ1) is 12.5. The lowest BCUT2D eigenvalue weighted by molar-refractivity contribution is -0.386. The van der Waals surface area contributed by atoms with Crippen LogP contribution in [0.2, 0.25) is 0 Å². The van der Waals surface area contributed by atoms with Crippen LogP contribution in [0.1, 0.15) is 15.9 Å². The molecule has 0 aromatic heterocycles. The van der Waals surface area contributed by atoms with Crippen molar-refractivity contribution >= 4 is 12.0 Å². The minimum absolute atomic E-state index is 0.0588. The summed E-state index contributed by atoms with van der Waals surface area (Å²) in [5, 5.41) is 19.2. The highest BCUT2D eigenvalue weighted by molar-refractivity contribution is 5.86. The number of alkyl halides is 2. The van der Waals surface area contributed by atoms with E-state index < -0.39 is 28.5 Å². The van der Waals surface area contributed by atoms with Crippen molar-refractivity contribution in [2.24, 2.45) is 0 Å². The van der Waals surface area contributed by atoms with E-state index >= 15 is 0 Å². The lowest BCUT2D eigenvalue weighted by Crippen LogP contribution is -2.08. The van der Waals surface area contributed by atoms with Gasteiger partial charge in [0.1, 0.15) is 6.07 Å². The molecule has 0 bridgehead atoms. The molecule has 0 aliphatic carbocycles. The number of hydrogen-bond donors (Lipinski definition) is 0. The Morgan fingerprint density at radius 2 is 2.18 bits per heavy atom. The number of nitro groups is 1. The summed E-state index contributed by atoms with van der Waals surface area (Å²) in [6.45, 7) is -3.33. The van der Waals surface area contributed by atoms with Gasteiger partial charge in [-0.25, -0.2) is 0 Å². The predicted octanol–water partition coefficient (Wildman–Crippen LogP) is 1.88. The third-order valence-corrected chi connectivity index (χ3v) is 1.82. The molecule has 0 aliphatic heterocycles. The van der Waals surface area contributed by atoms with E-state index in [0.717, 1.165) is 12.1 Å². The molecule has 0 atom stereocenters. The van der Waals surface area contributed by atoms with Crippen LogP contribution in [0, 0.1) is 21.4 Å². The molecule has 0 saturated carbocycles. The molecule has 0 fully saturated rings. The first-order chi connectivity index (χ1) is 8.01. The van der Waals surface area contributed by atoms with Gasteiger partial charge in [-0.2, -0.15) is 14.0 Å². The molecule has 0 spiro atoms. The van der Waals surface area contributed by atoms with Gasteiger partial charge in [-0.1, -0.05) is 0 Å². The fourth-order valence-electron chi connectivity index (χ4n) is 1.16. The number of nitrogens with zero attached hydrogens (tertiary/aromatic N) is 2. The van der Waals surface area contributed by atoms with Gasteiger partial charge in [-0.05, 0) is 6.07 Å². The largest absolute Gasteiger partial charge is 0.427 e. The molecule has 0 saturated heterocycles. The molecule has 0 radical (unpaired) electrons. The summed E-state index contributed by atoms with van der Waals surface area (Å²) >= 11 is 0. The average molecular weight is 242 g/mol. The molecule has 0 amide bonds. The Balaban J connectivity index is 3.50. The lowest BCUT2D eigenvalue weighted by Gasteiger charge is -2.08. The van der Waals surface area contributed by atoms with Crippen LogP contribution in [0.3, 0.4) is 0 Å². The van der Waals surface area contributed by atoms with E-state index in [1.807, 2.05) is 0 Å². The molecule has 6 nitrogen and oxygen atoms in total. The molecule has 1 rings (SSSR count). The zero-order chi connectivity index (χ0) is 13.0. The minimum Gasteiger partial charge on any atom is -0.427 e. The Labute approximate surface area is 93.2 Å². The van der Waals surface area contributed by atoms with Crippen molar-refractivity contribution in [1.82, 2.24) is 0 Å². The summed E-state index contributed by atoms with van der Waals surface area (Å²) in [4.78, 5) is 20.2. The summed E-state index contributed by atoms with van der Waals surface area (Å²) in [7, 11) is 0. The van der Waals surface area contributed by atoms with E-state index in [-0.39, 0.29) is 11.8 Å². The number of nitro benzene ring substituents is 1. The molecule has 0 N–H and O–H groups in total. The zero-order valence-corrected chi connectivity index (χ0v) is 8.09. The molecule has 17 heavy (non-hydrogen) atoms. The molecule has 0 unspecified atom stereocenters. The maximum atomic E-state index is 12.1. The van der Waals surface area contributed by atoms with Gasteiger partial charge in [-0.15, -0.1) is 0 Å². The van der Waals surface area contributed by atoms with Crippen LogP contribution in [-0.2, 0) is 0 Å². The number of aldehydes is 1. The summed E-state index contributed by atoms with van der Waals surface area (Å²) in [5.74, 6) is -0.904. The highest BCUT2D eigenvalue weighted by Gasteiger charge is 2.24. The van der Waals surface area contributed by atoms with Gasteiger partial charge in [0.15, 0.2) is 6.29 Å². The molecular formula is C9H4F2N2O4. The summed E-state index contributed by atoms with van der Waals surface area (Å²) < 4.78 is 28.1. The van der Waals surface area contributed by atoms with Crippen LogP contribution in [-0.4, -0.2) is 17.8 Å². The summed E-state index contributed by atoms with van der Waals surface area (Å²) in [6, 6.07) is 3.36. The van der Waals surface area contributed by atoms with Gasteiger partial charge in [0, 0.05) is 6.07 Å². The quantitative estimate of drug-likeness (QED) is 0.456. The Bertz CT molecular complexity index is 510. The van der Waals surface area contributed by atoms with Crippen molar-refractivity contribution in [3.63, 3.8) is 0 Å². The molecule has 8 heteroatoms. The van der Waals surface area contributed by atoms with Crippen molar-refractivity contribution in [2.45, 2.75) is 6.61 Å². The molecule has 88 valence electrons. The van der Waals surface area contributed by atoms with E-state index in [9.17, 15) is 23.7 Å². The van der Waals surface area contributed by atoms with Crippen molar-refractivity contribution < 1.29 is 23.2 Å². The number of nitriles is 1. The summed E-state index contributed by atoms with van der Waals surface area (Å²) in [5.41, 5.74) is -1.64. The first-order valence-corrected chi connectivity index (χ1v) is 4.12. The summed E-state index contributed by atoms with van der Waals surface area (Å²) in [6.07, 6.45) is 0.0588. The van der Waals surface area contributed by atoms with Gasteiger partial charge in [0.2, 0.25) is 5.75 Å². The molecule has 0 aliphatic rings. The van der Waals surface area contributed by atoms with E-state index in [0.29, 0.717) is 0 Å². The second-order valence-corrected chi connectivity index (χ2v) is 2.74. The maximum Gasteiger partial charge on any atom is 0.387 e. The van der Waals surface area contributed by atoms with E-state index in [1.54, 1.807) is 6.07 Å². The average Bonchev–Trinajstić information content (AvgIpc) is 2.27. The second kappa shape index (κ2) is 4.98. The van der Waals surface area contributed by atoms with Gasteiger partial charge >= 0.3 is 12.3 Å². The Kier molecular flexibility index (Phi) is 3.66. The predicted molar refractivity (Wildman–Crippen MR) is 49.8 cm³/mol. The highest BCUT2D eigenvalue weighted by atomic mass is 19.3. The van der Waals surface area contributed by atoms with Crippen LogP contribution >= 0.6 is 0 Å². The SMILES string of the molecule is N#Cc1ccc([N+](=O)[O-])c(OC(F)F)c1C=O. The Morgan fingerprint density at radius 1 is 1.53 bits per heavy atom. The molecule has 1 aromatic carbocycles. The van der Waals surface area contributed by atoms with E-state index in [1.165, 1.54) is 0 Å². The molecular weight excluding hydrogens is 238 g/mol. The van der Waals surface area contributed by atoms with Crippen LogP contribution in [0.15, 0.2) is 12.1 Å². The van der Waals surface area contributed by atoms with Gasteiger partial charge < -0.3 is 4.74 Å². The van der Waals surface area contributed by atoms with Crippen LogP contribution in [0.5, 0.6) is 5.75 Å². The smallest absolute Gasteiger partial charge is 0.387 e. The maximum absolute atomic E-state index is 12.1. The molecule has 0 heterocycles. The van der Waals surface area contributed by atoms with Crippen LogP contribution in [0.25, 0.3) is 0 Å². The van der Waals surface area contributed by atoms with E-state index in [4.69, 9.17) is 5.26 Å². The number of halogens is 2.